The predicted molar refractivity (Wildman–Crippen MR) is 104 cm³/mol. The van der Waals surface area contributed by atoms with Gasteiger partial charge in [-0.2, -0.15) is 0 Å². The quantitative estimate of drug-likeness (QED) is 0.673. The van der Waals surface area contributed by atoms with E-state index < -0.39 is 5.97 Å². The second-order valence-electron chi connectivity index (χ2n) is 6.49. The number of rotatable bonds is 6. The van der Waals surface area contributed by atoms with Crippen molar-refractivity contribution in [3.8, 4) is 22.1 Å². The Labute approximate surface area is 161 Å². The van der Waals surface area contributed by atoms with Crippen molar-refractivity contribution in [2.45, 2.75) is 25.9 Å². The second-order valence-corrected chi connectivity index (χ2v) is 7.57. The van der Waals surface area contributed by atoms with Crippen molar-refractivity contribution in [2.75, 3.05) is 6.61 Å². The van der Waals surface area contributed by atoms with Crippen LogP contribution in [-0.4, -0.2) is 22.7 Å². The highest BCUT2D eigenvalue weighted by Crippen LogP contribution is 2.38. The van der Waals surface area contributed by atoms with E-state index in [0.29, 0.717) is 24.7 Å². The van der Waals surface area contributed by atoms with Gasteiger partial charge in [-0.1, -0.05) is 36.4 Å². The first kappa shape index (κ1) is 17.5. The van der Waals surface area contributed by atoms with Gasteiger partial charge in [0, 0.05) is 23.1 Å². The zero-order valence-electron chi connectivity index (χ0n) is 14.8. The van der Waals surface area contributed by atoms with Crippen LogP contribution in [-0.2, 0) is 11.4 Å². The van der Waals surface area contributed by atoms with Crippen molar-refractivity contribution in [3.05, 3.63) is 64.7 Å². The van der Waals surface area contributed by atoms with Crippen LogP contribution in [0.15, 0.2) is 48.5 Å². The second kappa shape index (κ2) is 7.40. The third-order valence-corrected chi connectivity index (χ3v) is 5.75. The molecule has 3 aromatic rings. The number of benzene rings is 2. The number of aliphatic carboxylic acids is 1. The summed E-state index contributed by atoms with van der Waals surface area (Å²) in [6, 6.07) is 15.7. The molecular formula is C21H19NO4S. The lowest BCUT2D eigenvalue weighted by Crippen LogP contribution is -2.07. The maximum atomic E-state index is 10.9. The Morgan fingerprint density at radius 3 is 2.89 bits per heavy atom. The maximum Gasteiger partial charge on any atom is 0.304 e. The number of thiazole rings is 1. The first-order chi connectivity index (χ1) is 13.1. The average Bonchev–Trinajstić information content (AvgIpc) is 3.23. The van der Waals surface area contributed by atoms with Gasteiger partial charge >= 0.3 is 5.97 Å². The molecule has 0 fully saturated rings. The highest BCUT2D eigenvalue weighted by atomic mass is 32.1. The standard InChI is InChI=1S/C21H19NO4S/c1-13-19(27-21(22-13)14-5-3-2-4-6-14)12-25-16-7-8-17-15(9-20(23)24)11-26-18(17)10-16/h2-8,10,15H,9,11-12H2,1H3,(H,23,24). The summed E-state index contributed by atoms with van der Waals surface area (Å²) in [6.07, 6.45) is 0.0789. The number of carbonyl (C=O) groups is 1. The molecule has 6 heteroatoms. The Morgan fingerprint density at radius 1 is 1.30 bits per heavy atom. The number of hydrogen-bond donors (Lipinski definition) is 1. The minimum Gasteiger partial charge on any atom is -0.492 e. The summed E-state index contributed by atoms with van der Waals surface area (Å²) in [6.45, 7) is 2.83. The third kappa shape index (κ3) is 3.80. The largest absolute Gasteiger partial charge is 0.492 e. The van der Waals surface area contributed by atoms with Crippen molar-refractivity contribution in [2.24, 2.45) is 0 Å². The van der Waals surface area contributed by atoms with Crippen LogP contribution in [0.5, 0.6) is 11.5 Å². The molecule has 1 N–H and O–H groups in total. The van der Waals surface area contributed by atoms with Gasteiger partial charge in [0.05, 0.1) is 23.6 Å². The van der Waals surface area contributed by atoms with Crippen LogP contribution in [0, 0.1) is 6.92 Å². The molecule has 1 aromatic heterocycles. The maximum absolute atomic E-state index is 10.9. The molecule has 0 aliphatic carbocycles. The van der Waals surface area contributed by atoms with Crippen LogP contribution in [0.3, 0.4) is 0 Å². The van der Waals surface area contributed by atoms with Crippen molar-refractivity contribution < 1.29 is 19.4 Å². The summed E-state index contributed by atoms with van der Waals surface area (Å²) in [5.41, 5.74) is 3.01. The van der Waals surface area contributed by atoms with Gasteiger partial charge in [-0.25, -0.2) is 4.98 Å². The molecule has 0 saturated carbocycles. The average molecular weight is 381 g/mol. The van der Waals surface area contributed by atoms with Crippen molar-refractivity contribution in [1.82, 2.24) is 4.98 Å². The van der Waals surface area contributed by atoms with E-state index in [9.17, 15) is 4.79 Å². The van der Waals surface area contributed by atoms with Gasteiger partial charge in [-0.05, 0) is 13.0 Å². The van der Waals surface area contributed by atoms with E-state index >= 15 is 0 Å². The highest BCUT2D eigenvalue weighted by molar-refractivity contribution is 7.15. The van der Waals surface area contributed by atoms with Crippen LogP contribution >= 0.6 is 11.3 Å². The molecule has 27 heavy (non-hydrogen) atoms. The molecular weight excluding hydrogens is 362 g/mol. The van der Waals surface area contributed by atoms with Crippen molar-refractivity contribution in [3.63, 3.8) is 0 Å². The molecule has 0 amide bonds. The molecule has 4 rings (SSSR count). The van der Waals surface area contributed by atoms with Crippen molar-refractivity contribution >= 4 is 17.3 Å². The molecule has 5 nitrogen and oxygen atoms in total. The Hall–Kier alpha value is -2.86. The minimum absolute atomic E-state index is 0.0789. The number of carboxylic acids is 1. The number of aromatic nitrogens is 1. The molecule has 2 heterocycles. The fraction of sp³-hybridized carbons (Fsp3) is 0.238. The molecule has 0 spiro atoms. The third-order valence-electron chi connectivity index (χ3n) is 4.57. The molecule has 1 atom stereocenters. The Kier molecular flexibility index (Phi) is 4.81. The van der Waals surface area contributed by atoms with Gasteiger partial charge in [-0.15, -0.1) is 11.3 Å². The number of carboxylic acid groups (broad SMARTS) is 1. The number of aryl methyl sites for hydroxylation is 1. The minimum atomic E-state index is -0.813. The van der Waals surface area contributed by atoms with Crippen LogP contribution in [0.2, 0.25) is 0 Å². The Bertz CT molecular complexity index is 968. The molecule has 0 radical (unpaired) electrons. The molecule has 2 aromatic carbocycles. The van der Waals surface area contributed by atoms with Crippen LogP contribution < -0.4 is 9.47 Å². The lowest BCUT2D eigenvalue weighted by Gasteiger charge is -2.08. The van der Waals surface area contributed by atoms with E-state index in [1.54, 1.807) is 11.3 Å². The van der Waals surface area contributed by atoms with E-state index in [4.69, 9.17) is 14.6 Å². The Balaban J connectivity index is 1.46. The summed E-state index contributed by atoms with van der Waals surface area (Å²) < 4.78 is 11.6. The van der Waals surface area contributed by atoms with Gasteiger partial charge in [0.1, 0.15) is 23.1 Å². The topological polar surface area (TPSA) is 68.7 Å². The van der Waals surface area contributed by atoms with Crippen LogP contribution in [0.25, 0.3) is 10.6 Å². The van der Waals surface area contributed by atoms with Gasteiger partial charge < -0.3 is 14.6 Å². The number of ether oxygens (including phenoxy) is 2. The summed E-state index contributed by atoms with van der Waals surface area (Å²) >= 11 is 1.63. The zero-order chi connectivity index (χ0) is 18.8. The number of nitrogens with zero attached hydrogens (tertiary/aromatic N) is 1. The van der Waals surface area contributed by atoms with Gasteiger partial charge in [-0.3, -0.25) is 4.79 Å². The smallest absolute Gasteiger partial charge is 0.304 e. The Morgan fingerprint density at radius 2 is 2.11 bits per heavy atom. The lowest BCUT2D eigenvalue weighted by atomic mass is 9.98. The monoisotopic (exact) mass is 381 g/mol. The lowest BCUT2D eigenvalue weighted by molar-refractivity contribution is -0.137. The normalized spacial score (nSPS) is 15.2. The summed E-state index contributed by atoms with van der Waals surface area (Å²) in [4.78, 5) is 16.7. The summed E-state index contributed by atoms with van der Waals surface area (Å²) in [5, 5.41) is 9.98. The molecule has 138 valence electrons. The summed E-state index contributed by atoms with van der Waals surface area (Å²) in [5.74, 6) is 0.513. The molecule has 1 aliphatic heterocycles. The van der Waals surface area contributed by atoms with Crippen LogP contribution in [0.1, 0.15) is 28.5 Å². The number of hydrogen-bond acceptors (Lipinski definition) is 5. The van der Waals surface area contributed by atoms with Gasteiger partial charge in [0.15, 0.2) is 0 Å². The van der Waals surface area contributed by atoms with E-state index in [1.807, 2.05) is 55.5 Å². The molecule has 0 saturated heterocycles. The van der Waals surface area contributed by atoms with E-state index in [-0.39, 0.29) is 12.3 Å². The summed E-state index contributed by atoms with van der Waals surface area (Å²) in [7, 11) is 0. The fourth-order valence-electron chi connectivity index (χ4n) is 3.14. The van der Waals surface area contributed by atoms with Crippen molar-refractivity contribution in [1.29, 1.82) is 0 Å². The van der Waals surface area contributed by atoms with E-state index in [1.165, 1.54) is 0 Å². The molecule has 1 aliphatic rings. The number of fused-ring (bicyclic) bond motifs is 1. The fourth-order valence-corrected chi connectivity index (χ4v) is 4.12. The predicted octanol–water partition coefficient (Wildman–Crippen LogP) is 4.65. The zero-order valence-corrected chi connectivity index (χ0v) is 15.7. The highest BCUT2D eigenvalue weighted by Gasteiger charge is 2.26. The van der Waals surface area contributed by atoms with Gasteiger partial charge in [0.25, 0.3) is 0 Å². The molecule has 1 unspecified atom stereocenters. The molecule has 0 bridgehead atoms. The van der Waals surface area contributed by atoms with E-state index in [2.05, 4.69) is 4.98 Å². The first-order valence-electron chi connectivity index (χ1n) is 8.73. The van der Waals surface area contributed by atoms with Gasteiger partial charge in [0.2, 0.25) is 0 Å². The SMILES string of the molecule is Cc1nc(-c2ccccc2)sc1COc1ccc2c(c1)OCC2CC(=O)O. The van der Waals surface area contributed by atoms with Crippen LogP contribution in [0.4, 0.5) is 0 Å². The first-order valence-corrected chi connectivity index (χ1v) is 9.55. The van der Waals surface area contributed by atoms with E-state index in [0.717, 1.165) is 26.7 Å².